The van der Waals surface area contributed by atoms with Gasteiger partial charge in [0.05, 0.1) is 11.5 Å². The second-order valence-corrected chi connectivity index (χ2v) is 5.22. The fourth-order valence-electron chi connectivity index (χ4n) is 2.73. The van der Waals surface area contributed by atoms with Crippen LogP contribution in [0.4, 0.5) is 11.4 Å². The van der Waals surface area contributed by atoms with Gasteiger partial charge in [-0.05, 0) is 18.9 Å². The van der Waals surface area contributed by atoms with E-state index in [2.05, 4.69) is 0 Å². The van der Waals surface area contributed by atoms with Crippen molar-refractivity contribution in [2.24, 2.45) is 5.73 Å². The molecule has 1 saturated heterocycles. The van der Waals surface area contributed by atoms with Crippen molar-refractivity contribution in [2.75, 3.05) is 31.6 Å². The van der Waals surface area contributed by atoms with Gasteiger partial charge in [-0.25, -0.2) is 0 Å². The number of nitrogens with zero attached hydrogens (tertiary/aromatic N) is 3. The van der Waals surface area contributed by atoms with E-state index in [9.17, 15) is 14.9 Å². The van der Waals surface area contributed by atoms with Crippen molar-refractivity contribution in [3.8, 4) is 0 Å². The molecule has 8 heteroatoms. The summed E-state index contributed by atoms with van der Waals surface area (Å²) in [7, 11) is 1.69. The van der Waals surface area contributed by atoms with Gasteiger partial charge in [0.15, 0.2) is 0 Å². The smallest absolute Gasteiger partial charge is 0.292 e. The second kappa shape index (κ2) is 7.95. The third-order valence-corrected chi connectivity index (χ3v) is 3.83. The van der Waals surface area contributed by atoms with E-state index in [1.807, 2.05) is 0 Å². The van der Waals surface area contributed by atoms with Crippen LogP contribution in [0, 0.1) is 10.1 Å². The highest BCUT2D eigenvalue weighted by atomic mass is 35.5. The van der Waals surface area contributed by atoms with Gasteiger partial charge in [0.25, 0.3) is 5.69 Å². The summed E-state index contributed by atoms with van der Waals surface area (Å²) >= 11 is 0. The molecule has 0 spiro atoms. The molecule has 2 N–H and O–H groups in total. The number of carbonyl (C=O) groups excluding carboxylic acids is 1. The Morgan fingerprint density at radius 3 is 2.82 bits per heavy atom. The first-order valence-electron chi connectivity index (χ1n) is 6.98. The van der Waals surface area contributed by atoms with Crippen molar-refractivity contribution in [1.29, 1.82) is 0 Å². The number of benzene rings is 1. The van der Waals surface area contributed by atoms with Crippen molar-refractivity contribution < 1.29 is 9.72 Å². The number of likely N-dealkylation sites (tertiary alicyclic amines) is 1. The van der Waals surface area contributed by atoms with Gasteiger partial charge in [0.2, 0.25) is 5.91 Å². The summed E-state index contributed by atoms with van der Waals surface area (Å²) in [4.78, 5) is 26.3. The maximum Gasteiger partial charge on any atom is 0.292 e. The molecular weight excluding hydrogens is 308 g/mol. The average molecular weight is 329 g/mol. The highest BCUT2D eigenvalue weighted by Gasteiger charge is 2.28. The molecule has 1 aromatic carbocycles. The summed E-state index contributed by atoms with van der Waals surface area (Å²) in [6, 6.07) is 6.52. The molecule has 1 aliphatic rings. The van der Waals surface area contributed by atoms with Crippen LogP contribution in [0.25, 0.3) is 0 Å². The number of hydrogen-bond acceptors (Lipinski definition) is 5. The number of anilines is 1. The predicted molar refractivity (Wildman–Crippen MR) is 87.4 cm³/mol. The lowest BCUT2D eigenvalue weighted by molar-refractivity contribution is -0.384. The Labute approximate surface area is 135 Å². The molecule has 1 amide bonds. The first kappa shape index (κ1) is 18.2. The number of rotatable bonds is 5. The summed E-state index contributed by atoms with van der Waals surface area (Å²) < 4.78 is 0. The van der Waals surface area contributed by atoms with Crippen LogP contribution in [-0.2, 0) is 4.79 Å². The molecule has 0 aromatic heterocycles. The second-order valence-electron chi connectivity index (χ2n) is 5.22. The molecule has 22 heavy (non-hydrogen) atoms. The topological polar surface area (TPSA) is 92.7 Å². The van der Waals surface area contributed by atoms with E-state index in [1.165, 1.54) is 6.07 Å². The van der Waals surface area contributed by atoms with Crippen LogP contribution in [-0.4, -0.2) is 48.5 Å². The van der Waals surface area contributed by atoms with E-state index >= 15 is 0 Å². The Bertz CT molecular complexity index is 541. The fraction of sp³-hybridized carbons (Fsp3) is 0.500. The minimum absolute atomic E-state index is 0. The number of carbonyl (C=O) groups is 1. The number of para-hydroxylation sites is 2. The maximum absolute atomic E-state index is 12.3. The lowest BCUT2D eigenvalue weighted by atomic mass is 10.2. The van der Waals surface area contributed by atoms with Gasteiger partial charge in [-0.2, -0.15) is 0 Å². The van der Waals surface area contributed by atoms with Crippen molar-refractivity contribution in [3.05, 3.63) is 34.4 Å². The molecule has 1 fully saturated rings. The van der Waals surface area contributed by atoms with Gasteiger partial charge in [-0.1, -0.05) is 12.1 Å². The van der Waals surface area contributed by atoms with Crippen LogP contribution in [0.1, 0.15) is 12.8 Å². The first-order valence-corrected chi connectivity index (χ1v) is 6.98. The van der Waals surface area contributed by atoms with E-state index < -0.39 is 4.92 Å². The van der Waals surface area contributed by atoms with Crippen molar-refractivity contribution in [3.63, 3.8) is 0 Å². The first-order chi connectivity index (χ1) is 10.0. The van der Waals surface area contributed by atoms with E-state index in [0.717, 1.165) is 12.8 Å². The number of likely N-dealkylation sites (N-methyl/N-ethyl adjacent to an activating group) is 1. The van der Waals surface area contributed by atoms with E-state index in [0.29, 0.717) is 18.8 Å². The number of nitro benzene ring substituents is 1. The van der Waals surface area contributed by atoms with E-state index in [4.69, 9.17) is 5.73 Å². The zero-order chi connectivity index (χ0) is 15.4. The lowest BCUT2D eigenvalue weighted by Gasteiger charge is -2.27. The van der Waals surface area contributed by atoms with Crippen LogP contribution >= 0.6 is 12.4 Å². The van der Waals surface area contributed by atoms with Crippen LogP contribution in [0.5, 0.6) is 0 Å². The van der Waals surface area contributed by atoms with Crippen molar-refractivity contribution in [1.82, 2.24) is 4.90 Å². The third kappa shape index (κ3) is 3.86. The molecule has 1 unspecified atom stereocenters. The molecule has 1 aliphatic heterocycles. The van der Waals surface area contributed by atoms with Crippen molar-refractivity contribution in [2.45, 2.75) is 18.9 Å². The van der Waals surface area contributed by atoms with Gasteiger partial charge in [0, 0.05) is 32.2 Å². The fourth-order valence-corrected chi connectivity index (χ4v) is 2.73. The van der Waals surface area contributed by atoms with Gasteiger partial charge < -0.3 is 15.5 Å². The zero-order valence-corrected chi connectivity index (χ0v) is 13.3. The highest BCUT2D eigenvalue weighted by Crippen LogP contribution is 2.27. The Morgan fingerprint density at radius 2 is 2.18 bits per heavy atom. The molecule has 0 aliphatic carbocycles. The number of halogens is 1. The largest absolute Gasteiger partial charge is 0.360 e. The monoisotopic (exact) mass is 328 g/mol. The number of hydrogen-bond donors (Lipinski definition) is 1. The molecule has 122 valence electrons. The Hall–Kier alpha value is -1.86. The Balaban J connectivity index is 0.00000242. The Kier molecular flexibility index (Phi) is 6.58. The zero-order valence-electron chi connectivity index (χ0n) is 12.5. The molecule has 1 atom stereocenters. The minimum Gasteiger partial charge on any atom is -0.360 e. The summed E-state index contributed by atoms with van der Waals surface area (Å²) in [6.07, 6.45) is 1.89. The van der Waals surface area contributed by atoms with Gasteiger partial charge in [-0.3, -0.25) is 14.9 Å². The molecule has 0 radical (unpaired) electrons. The molecule has 1 aromatic rings. The van der Waals surface area contributed by atoms with Crippen LogP contribution < -0.4 is 10.6 Å². The van der Waals surface area contributed by atoms with Gasteiger partial charge in [0.1, 0.15) is 5.69 Å². The number of amides is 1. The Morgan fingerprint density at radius 1 is 1.50 bits per heavy atom. The van der Waals surface area contributed by atoms with Crippen LogP contribution in [0.3, 0.4) is 0 Å². The maximum atomic E-state index is 12.3. The predicted octanol–water partition coefficient (Wildman–Crippen LogP) is 1.40. The molecule has 0 saturated carbocycles. The van der Waals surface area contributed by atoms with E-state index in [1.54, 1.807) is 35.0 Å². The van der Waals surface area contributed by atoms with Crippen LogP contribution in [0.2, 0.25) is 0 Å². The third-order valence-electron chi connectivity index (χ3n) is 3.83. The normalized spacial score (nSPS) is 17.0. The standard InChI is InChI=1S/C14H20N4O3.ClH/c1-16(12-6-2-3-7-13(12)18(20)21)10-14(19)17-8-4-5-11(17)9-15;/h2-3,6-7,11H,4-5,8-10,15H2,1H3;1H. The lowest BCUT2D eigenvalue weighted by Crippen LogP contribution is -2.44. The molecule has 1 heterocycles. The molecule has 2 rings (SSSR count). The highest BCUT2D eigenvalue weighted by molar-refractivity contribution is 5.85. The van der Waals surface area contributed by atoms with Crippen molar-refractivity contribution >= 4 is 29.7 Å². The van der Waals surface area contributed by atoms with E-state index in [-0.39, 0.29) is 36.6 Å². The molecule has 7 nitrogen and oxygen atoms in total. The van der Waals surface area contributed by atoms with Gasteiger partial charge in [-0.15, -0.1) is 12.4 Å². The number of nitrogens with two attached hydrogens (primary N) is 1. The summed E-state index contributed by atoms with van der Waals surface area (Å²) in [5.74, 6) is -0.0383. The molecular formula is C14H21ClN4O3. The number of nitro groups is 1. The molecule has 0 bridgehead atoms. The quantitative estimate of drug-likeness (QED) is 0.651. The summed E-state index contributed by atoms with van der Waals surface area (Å²) in [5, 5.41) is 11.0. The summed E-state index contributed by atoms with van der Waals surface area (Å²) in [6.45, 7) is 1.29. The minimum atomic E-state index is -0.436. The summed E-state index contributed by atoms with van der Waals surface area (Å²) in [5.41, 5.74) is 6.12. The average Bonchev–Trinajstić information content (AvgIpc) is 2.95. The van der Waals surface area contributed by atoms with Gasteiger partial charge >= 0.3 is 0 Å². The SMILES string of the molecule is CN(CC(=O)N1CCCC1CN)c1ccccc1[N+](=O)[O-].Cl. The van der Waals surface area contributed by atoms with Crippen LogP contribution in [0.15, 0.2) is 24.3 Å².